The Morgan fingerprint density at radius 2 is 1.35 bits per heavy atom. The van der Waals surface area contributed by atoms with E-state index in [-0.39, 0.29) is 6.79 Å². The van der Waals surface area contributed by atoms with Gasteiger partial charge in [0.05, 0.1) is 6.61 Å². The van der Waals surface area contributed by atoms with E-state index < -0.39 is 11.8 Å². The van der Waals surface area contributed by atoms with Crippen LogP contribution in [0.1, 0.15) is 135 Å². The fourth-order valence-electron chi connectivity index (χ4n) is 7.16. The van der Waals surface area contributed by atoms with E-state index in [0.29, 0.717) is 12.5 Å². The second-order valence-corrected chi connectivity index (χ2v) is 14.0. The van der Waals surface area contributed by atoms with Gasteiger partial charge in [-0.05, 0) is 99.5 Å². The number of ether oxygens (including phenoxy) is 3. The van der Waals surface area contributed by atoms with Crippen LogP contribution in [0, 0.1) is 17.8 Å². The molecule has 2 aromatic carbocycles. The molecule has 3 fully saturated rings. The molecule has 3 unspecified atom stereocenters. The summed E-state index contributed by atoms with van der Waals surface area (Å²) < 4.78 is 17.3. The molecule has 1 heterocycles. The average Bonchev–Trinajstić information content (AvgIpc) is 3.68. The Labute approximate surface area is 300 Å². The van der Waals surface area contributed by atoms with Crippen LogP contribution < -0.4 is 11.1 Å². The lowest BCUT2D eigenvalue weighted by atomic mass is 9.69. The molecule has 5 rings (SSSR count). The quantitative estimate of drug-likeness (QED) is 0.0844. The van der Waals surface area contributed by atoms with Gasteiger partial charge in [0, 0.05) is 0 Å². The SMILES string of the molecule is C1CCC1.C1CCNC1.C=C(CC1CC(C)CC(CCC)C1)C(OCOC(=O)OCCCCCC)(c1ccccc1)c1ccccc1.CN. The number of carbonyl (C=O) groups is 1. The molecule has 2 aromatic rings. The van der Waals surface area contributed by atoms with E-state index >= 15 is 0 Å². The van der Waals surface area contributed by atoms with E-state index in [9.17, 15) is 4.79 Å². The van der Waals surface area contributed by atoms with Gasteiger partial charge in [0.2, 0.25) is 0 Å². The van der Waals surface area contributed by atoms with Crippen molar-refractivity contribution < 1.29 is 19.0 Å². The van der Waals surface area contributed by atoms with Gasteiger partial charge < -0.3 is 25.3 Å². The number of benzene rings is 2. The Morgan fingerprint density at radius 3 is 1.84 bits per heavy atom. The van der Waals surface area contributed by atoms with Crippen molar-refractivity contribution >= 4 is 6.16 Å². The molecule has 3 atom stereocenters. The van der Waals surface area contributed by atoms with E-state index in [1.165, 1.54) is 90.8 Å². The molecule has 0 radical (unpaired) electrons. The number of carbonyl (C=O) groups excluding carboxylic acids is 1. The minimum absolute atomic E-state index is 0.212. The second kappa shape index (κ2) is 26.2. The summed E-state index contributed by atoms with van der Waals surface area (Å²) in [5.41, 5.74) is 6.55. The summed E-state index contributed by atoms with van der Waals surface area (Å²) in [5, 5.41) is 3.22. The summed E-state index contributed by atoms with van der Waals surface area (Å²) in [6, 6.07) is 20.4. The largest absolute Gasteiger partial charge is 0.510 e. The van der Waals surface area contributed by atoms with Gasteiger partial charge in [0.1, 0.15) is 5.60 Å². The van der Waals surface area contributed by atoms with Crippen molar-refractivity contribution in [1.82, 2.24) is 5.32 Å². The standard InChI is InChI=1S/C34H48O4.C4H9N.C4H8.CH5N/c1-5-7-8-15-21-36-33(35)37-26-38-34(31-17-11-9-12-18-31,32-19-13-10-14-20-32)28(4)24-30-23-27(3)22-29(25-30)16-6-2;1-2-4-5-3-1;1-2-4-3-1;1-2/h9-14,17-20,27,29-30H,4-8,15-16,21-26H2,1-3H3;5H,1-4H2;1-4H2;2H2,1H3. The van der Waals surface area contributed by atoms with Crippen LogP contribution in [0.3, 0.4) is 0 Å². The first kappa shape index (κ1) is 42.5. The van der Waals surface area contributed by atoms with E-state index in [1.54, 1.807) is 0 Å². The average molecular weight is 679 g/mol. The third-order valence-electron chi connectivity index (χ3n) is 9.86. The minimum Gasteiger partial charge on any atom is -0.434 e. The molecule has 3 N–H and O–H groups in total. The monoisotopic (exact) mass is 679 g/mol. The summed E-state index contributed by atoms with van der Waals surface area (Å²) in [5.74, 6) is 2.06. The third kappa shape index (κ3) is 15.8. The first-order chi connectivity index (χ1) is 24.0. The van der Waals surface area contributed by atoms with Crippen LogP contribution in [-0.4, -0.2) is 39.7 Å². The van der Waals surface area contributed by atoms with Gasteiger partial charge in [-0.25, -0.2) is 4.79 Å². The maximum Gasteiger partial charge on any atom is 0.510 e. The molecular formula is C43H70N2O4. The van der Waals surface area contributed by atoms with Crippen molar-refractivity contribution in [2.45, 2.75) is 129 Å². The summed E-state index contributed by atoms with van der Waals surface area (Å²) >= 11 is 0. The summed E-state index contributed by atoms with van der Waals surface area (Å²) in [4.78, 5) is 12.3. The lowest BCUT2D eigenvalue weighted by molar-refractivity contribution is -0.102. The fourth-order valence-corrected chi connectivity index (χ4v) is 7.16. The number of hydrogen-bond acceptors (Lipinski definition) is 6. The first-order valence-corrected chi connectivity index (χ1v) is 19.5. The van der Waals surface area contributed by atoms with Gasteiger partial charge >= 0.3 is 6.16 Å². The van der Waals surface area contributed by atoms with Gasteiger partial charge in [0.25, 0.3) is 0 Å². The lowest BCUT2D eigenvalue weighted by Crippen LogP contribution is -2.36. The van der Waals surface area contributed by atoms with E-state index in [2.05, 4.69) is 62.7 Å². The highest BCUT2D eigenvalue weighted by Gasteiger charge is 2.40. The van der Waals surface area contributed by atoms with Crippen molar-refractivity contribution in [2.75, 3.05) is 33.5 Å². The first-order valence-electron chi connectivity index (χ1n) is 19.5. The zero-order chi connectivity index (χ0) is 35.6. The zero-order valence-electron chi connectivity index (χ0n) is 31.6. The van der Waals surface area contributed by atoms with E-state index in [1.807, 2.05) is 36.4 Å². The van der Waals surface area contributed by atoms with Gasteiger partial charge in [-0.1, -0.05) is 146 Å². The molecule has 49 heavy (non-hydrogen) atoms. The molecule has 3 aliphatic rings. The van der Waals surface area contributed by atoms with Gasteiger partial charge in [0.15, 0.2) is 6.79 Å². The Morgan fingerprint density at radius 1 is 0.776 bits per heavy atom. The number of nitrogens with one attached hydrogen (secondary N) is 1. The molecule has 0 spiro atoms. The fraction of sp³-hybridized carbons (Fsp3) is 0.651. The number of rotatable bonds is 15. The Hall–Kier alpha value is -2.67. The minimum atomic E-state index is -0.926. The molecule has 2 aliphatic carbocycles. The highest BCUT2D eigenvalue weighted by Crippen LogP contribution is 2.46. The molecule has 1 saturated heterocycles. The van der Waals surface area contributed by atoms with Gasteiger partial charge in [-0.3, -0.25) is 0 Å². The lowest BCUT2D eigenvalue weighted by Gasteiger charge is -2.40. The molecule has 2 saturated carbocycles. The van der Waals surface area contributed by atoms with Crippen LogP contribution in [0.2, 0.25) is 0 Å². The van der Waals surface area contributed by atoms with Crippen LogP contribution in [0.25, 0.3) is 0 Å². The molecular weight excluding hydrogens is 608 g/mol. The molecule has 1 aliphatic heterocycles. The molecule has 6 nitrogen and oxygen atoms in total. The van der Waals surface area contributed by atoms with Crippen molar-refractivity contribution in [2.24, 2.45) is 23.5 Å². The zero-order valence-corrected chi connectivity index (χ0v) is 31.6. The van der Waals surface area contributed by atoms with E-state index in [4.69, 9.17) is 14.2 Å². The van der Waals surface area contributed by atoms with Crippen LogP contribution in [0.4, 0.5) is 4.79 Å². The maximum atomic E-state index is 12.3. The Kier molecular flexibility index (Phi) is 22.7. The summed E-state index contributed by atoms with van der Waals surface area (Å²) in [6.07, 6.45) is 19.4. The van der Waals surface area contributed by atoms with Crippen molar-refractivity contribution in [1.29, 1.82) is 0 Å². The molecule has 0 amide bonds. The topological polar surface area (TPSA) is 82.8 Å². The van der Waals surface area contributed by atoms with Crippen LogP contribution in [-0.2, 0) is 19.8 Å². The molecule has 0 bridgehead atoms. The van der Waals surface area contributed by atoms with Gasteiger partial charge in [-0.2, -0.15) is 0 Å². The van der Waals surface area contributed by atoms with E-state index in [0.717, 1.165) is 60.6 Å². The Bertz CT molecular complexity index is 1050. The summed E-state index contributed by atoms with van der Waals surface area (Å²) in [6.45, 7) is 14.1. The van der Waals surface area contributed by atoms with Crippen LogP contribution in [0.5, 0.6) is 0 Å². The maximum absolute atomic E-state index is 12.3. The van der Waals surface area contributed by atoms with Crippen molar-refractivity contribution in [3.63, 3.8) is 0 Å². The van der Waals surface area contributed by atoms with Crippen LogP contribution in [0.15, 0.2) is 72.8 Å². The molecule has 6 heteroatoms. The number of hydrogen-bond donors (Lipinski definition) is 2. The summed E-state index contributed by atoms with van der Waals surface area (Å²) in [7, 11) is 1.50. The smallest absolute Gasteiger partial charge is 0.434 e. The number of nitrogens with two attached hydrogens (primary N) is 1. The van der Waals surface area contributed by atoms with Crippen molar-refractivity contribution in [3.05, 3.63) is 83.9 Å². The highest BCUT2D eigenvalue weighted by atomic mass is 16.8. The predicted octanol–water partition coefficient (Wildman–Crippen LogP) is 10.9. The molecule has 0 aromatic heterocycles. The normalized spacial score (nSPS) is 19.7. The molecule has 276 valence electrons. The second-order valence-electron chi connectivity index (χ2n) is 14.0. The number of unbranched alkanes of at least 4 members (excludes halogenated alkanes) is 3. The van der Waals surface area contributed by atoms with Crippen molar-refractivity contribution in [3.8, 4) is 0 Å². The van der Waals surface area contributed by atoms with Crippen LogP contribution >= 0.6 is 0 Å². The third-order valence-corrected chi connectivity index (χ3v) is 9.86. The Balaban J connectivity index is 0.000000643. The van der Waals surface area contributed by atoms with Gasteiger partial charge in [-0.15, -0.1) is 0 Å². The predicted molar refractivity (Wildman–Crippen MR) is 206 cm³/mol. The highest BCUT2D eigenvalue weighted by molar-refractivity contribution is 5.59.